The Hall–Kier alpha value is -0.830. The third-order valence-electron chi connectivity index (χ3n) is 2.50. The van der Waals surface area contributed by atoms with Gasteiger partial charge < -0.3 is 5.11 Å². The topological polar surface area (TPSA) is 40.5 Å². The summed E-state index contributed by atoms with van der Waals surface area (Å²) in [7, 11) is 0. The number of hydrogen-bond acceptors (Lipinski definition) is 2. The van der Waals surface area contributed by atoms with Crippen LogP contribution in [0.2, 0.25) is 0 Å². The third kappa shape index (κ3) is 7.97. The van der Waals surface area contributed by atoms with Gasteiger partial charge in [-0.2, -0.15) is 0 Å². The molecular formula is C14H27NO2. The van der Waals surface area contributed by atoms with Gasteiger partial charge in [-0.05, 0) is 18.3 Å². The molecule has 0 aromatic rings. The molecule has 0 heterocycles. The first-order valence-corrected chi connectivity index (χ1v) is 6.51. The van der Waals surface area contributed by atoms with Gasteiger partial charge in [0.1, 0.15) is 0 Å². The van der Waals surface area contributed by atoms with Crippen molar-refractivity contribution < 1.29 is 9.90 Å². The molecule has 0 aliphatic rings. The van der Waals surface area contributed by atoms with E-state index < -0.39 is 5.97 Å². The van der Waals surface area contributed by atoms with Crippen molar-refractivity contribution in [1.82, 2.24) is 4.90 Å². The molecule has 0 unspecified atom stereocenters. The molecule has 17 heavy (non-hydrogen) atoms. The van der Waals surface area contributed by atoms with Crippen LogP contribution < -0.4 is 0 Å². The minimum atomic E-state index is -0.790. The van der Waals surface area contributed by atoms with Gasteiger partial charge in [-0.15, -0.1) is 0 Å². The largest absolute Gasteiger partial charge is 0.478 e. The van der Waals surface area contributed by atoms with E-state index in [4.69, 9.17) is 5.11 Å². The zero-order chi connectivity index (χ0) is 13.4. The summed E-state index contributed by atoms with van der Waals surface area (Å²) in [5.74, 6) is 0.427. The van der Waals surface area contributed by atoms with E-state index in [0.29, 0.717) is 23.8 Å². The highest BCUT2D eigenvalue weighted by Crippen LogP contribution is 2.06. The van der Waals surface area contributed by atoms with E-state index in [2.05, 4.69) is 32.6 Å². The first-order chi connectivity index (χ1) is 7.86. The monoisotopic (exact) mass is 241 g/mol. The number of carbonyl (C=O) groups is 1. The zero-order valence-corrected chi connectivity index (χ0v) is 11.9. The normalized spacial score (nSPS) is 12.8. The maximum absolute atomic E-state index is 10.9. The summed E-state index contributed by atoms with van der Waals surface area (Å²) in [6, 6.07) is 0. The average Bonchev–Trinajstić information content (AvgIpc) is 2.15. The van der Waals surface area contributed by atoms with Crippen molar-refractivity contribution in [2.24, 2.45) is 11.8 Å². The van der Waals surface area contributed by atoms with Gasteiger partial charge in [-0.25, -0.2) is 4.79 Å². The third-order valence-corrected chi connectivity index (χ3v) is 2.50. The van der Waals surface area contributed by atoms with E-state index in [-0.39, 0.29) is 0 Å². The van der Waals surface area contributed by atoms with Gasteiger partial charge in [-0.1, -0.05) is 40.7 Å². The summed E-state index contributed by atoms with van der Waals surface area (Å²) >= 11 is 0. The predicted octanol–water partition coefficient (Wildman–Crippen LogP) is 3.02. The van der Waals surface area contributed by atoms with Crippen LogP contribution in [0.25, 0.3) is 0 Å². The molecule has 0 amide bonds. The zero-order valence-electron chi connectivity index (χ0n) is 11.9. The molecule has 3 nitrogen and oxygen atoms in total. The predicted molar refractivity (Wildman–Crippen MR) is 72.1 cm³/mol. The minimum absolute atomic E-state index is 0.516. The SMILES string of the molecule is CCC(=CCN(CC(C)C)CC(C)C)C(=O)O. The van der Waals surface area contributed by atoms with E-state index >= 15 is 0 Å². The molecule has 0 aliphatic heterocycles. The van der Waals surface area contributed by atoms with Crippen molar-refractivity contribution in [3.63, 3.8) is 0 Å². The van der Waals surface area contributed by atoms with Crippen LogP contribution in [0.4, 0.5) is 0 Å². The quantitative estimate of drug-likeness (QED) is 0.664. The maximum Gasteiger partial charge on any atom is 0.331 e. The number of hydrogen-bond donors (Lipinski definition) is 1. The molecular weight excluding hydrogens is 214 g/mol. The molecule has 0 atom stereocenters. The van der Waals surface area contributed by atoms with Gasteiger partial charge in [0.15, 0.2) is 0 Å². The second-order valence-corrected chi connectivity index (χ2v) is 5.39. The molecule has 0 saturated carbocycles. The smallest absolute Gasteiger partial charge is 0.331 e. The van der Waals surface area contributed by atoms with Gasteiger partial charge in [-0.3, -0.25) is 4.90 Å². The fourth-order valence-electron chi connectivity index (χ4n) is 1.88. The highest BCUT2D eigenvalue weighted by atomic mass is 16.4. The molecule has 0 fully saturated rings. The van der Waals surface area contributed by atoms with Crippen LogP contribution >= 0.6 is 0 Å². The molecule has 0 spiro atoms. The van der Waals surface area contributed by atoms with E-state index in [1.54, 1.807) is 0 Å². The fourth-order valence-corrected chi connectivity index (χ4v) is 1.88. The standard InChI is InChI=1S/C14H27NO2/c1-6-13(14(16)17)7-8-15(9-11(2)3)10-12(4)5/h7,11-12H,6,8-10H2,1-5H3,(H,16,17). The highest BCUT2D eigenvalue weighted by Gasteiger charge is 2.10. The Kier molecular flexibility index (Phi) is 7.88. The average molecular weight is 241 g/mol. The number of nitrogens with zero attached hydrogens (tertiary/aromatic N) is 1. The first-order valence-electron chi connectivity index (χ1n) is 6.51. The summed E-state index contributed by atoms with van der Waals surface area (Å²) in [6.07, 6.45) is 2.44. The lowest BCUT2D eigenvalue weighted by Gasteiger charge is -2.24. The minimum Gasteiger partial charge on any atom is -0.478 e. The Morgan fingerprint density at radius 1 is 1.18 bits per heavy atom. The van der Waals surface area contributed by atoms with Crippen molar-refractivity contribution in [1.29, 1.82) is 0 Å². The molecule has 0 rings (SSSR count). The van der Waals surface area contributed by atoms with Gasteiger partial charge in [0.25, 0.3) is 0 Å². The van der Waals surface area contributed by atoms with Crippen LogP contribution in [-0.4, -0.2) is 35.6 Å². The summed E-state index contributed by atoms with van der Waals surface area (Å²) < 4.78 is 0. The van der Waals surface area contributed by atoms with Crippen molar-refractivity contribution in [3.05, 3.63) is 11.6 Å². The Labute approximate surface area is 106 Å². The molecule has 0 aromatic carbocycles. The number of aliphatic carboxylic acids is 1. The van der Waals surface area contributed by atoms with Crippen molar-refractivity contribution >= 4 is 5.97 Å². The van der Waals surface area contributed by atoms with E-state index in [0.717, 1.165) is 19.6 Å². The summed E-state index contributed by atoms with van der Waals surface area (Å²) in [4.78, 5) is 13.2. The molecule has 3 heteroatoms. The first kappa shape index (κ1) is 16.2. The molecule has 1 N–H and O–H groups in total. The van der Waals surface area contributed by atoms with Crippen molar-refractivity contribution in [2.75, 3.05) is 19.6 Å². The Bertz CT molecular complexity index is 247. The van der Waals surface area contributed by atoms with Gasteiger partial charge in [0.05, 0.1) is 0 Å². The number of rotatable bonds is 8. The maximum atomic E-state index is 10.9. The number of carboxylic acids is 1. The molecule has 0 aromatic heterocycles. The summed E-state index contributed by atoms with van der Waals surface area (Å²) in [6.45, 7) is 13.4. The van der Waals surface area contributed by atoms with E-state index in [9.17, 15) is 4.79 Å². The van der Waals surface area contributed by atoms with Crippen LogP contribution in [-0.2, 0) is 4.79 Å². The van der Waals surface area contributed by atoms with Gasteiger partial charge in [0, 0.05) is 25.2 Å². The van der Waals surface area contributed by atoms with Crippen LogP contribution in [0.1, 0.15) is 41.0 Å². The van der Waals surface area contributed by atoms with Crippen LogP contribution in [0, 0.1) is 11.8 Å². The van der Waals surface area contributed by atoms with Crippen molar-refractivity contribution in [2.45, 2.75) is 41.0 Å². The van der Waals surface area contributed by atoms with Gasteiger partial charge in [0.2, 0.25) is 0 Å². The number of carboxylic acid groups (broad SMARTS) is 1. The lowest BCUT2D eigenvalue weighted by atomic mass is 10.1. The van der Waals surface area contributed by atoms with Crippen LogP contribution in [0.5, 0.6) is 0 Å². The summed E-state index contributed by atoms with van der Waals surface area (Å²) in [5.41, 5.74) is 0.516. The molecule has 100 valence electrons. The highest BCUT2D eigenvalue weighted by molar-refractivity contribution is 5.86. The molecule has 0 saturated heterocycles. The molecule has 0 bridgehead atoms. The van der Waals surface area contributed by atoms with Gasteiger partial charge >= 0.3 is 5.97 Å². The lowest BCUT2D eigenvalue weighted by molar-refractivity contribution is -0.132. The Balaban J connectivity index is 4.46. The van der Waals surface area contributed by atoms with Crippen LogP contribution in [0.15, 0.2) is 11.6 Å². The Morgan fingerprint density at radius 2 is 1.65 bits per heavy atom. The fraction of sp³-hybridized carbons (Fsp3) is 0.786. The summed E-state index contributed by atoms with van der Waals surface area (Å²) in [5, 5.41) is 8.96. The second-order valence-electron chi connectivity index (χ2n) is 5.39. The molecule has 0 radical (unpaired) electrons. The van der Waals surface area contributed by atoms with Crippen LogP contribution in [0.3, 0.4) is 0 Å². The Morgan fingerprint density at radius 3 is 1.94 bits per heavy atom. The van der Waals surface area contributed by atoms with E-state index in [1.807, 2.05) is 13.0 Å². The van der Waals surface area contributed by atoms with Crippen molar-refractivity contribution in [3.8, 4) is 0 Å². The lowest BCUT2D eigenvalue weighted by Crippen LogP contribution is -2.31. The second kappa shape index (κ2) is 8.29. The van der Waals surface area contributed by atoms with E-state index in [1.165, 1.54) is 0 Å². The molecule has 0 aliphatic carbocycles.